The molecule has 58 heavy (non-hydrogen) atoms. The molecule has 0 radical (unpaired) electrons. The van der Waals surface area contributed by atoms with Crippen LogP contribution in [0.3, 0.4) is 0 Å². The monoisotopic (exact) mass is 854 g/mol. The third kappa shape index (κ3) is 11.3. The molecule has 6 nitrogen and oxygen atoms in total. The standard InChI is InChI=1S/C10H10O2S.C10H10O.C10H10S.C6H8O2S.C6H8O.C6H8S/c1-7-9-5-3-4-6-10(9)8(2)13(7,11)12;2*1-7-9-5-3-4-6-10(9)8(2)11-7;1-5-3-4-6(2)9(5,7)8;2*1-5-3-4-6(2)7-5/h3-6H,1-2H3;2*3-6H,1-2H3;3-4H,1-2H3;2*3-4H,1-2H3. The number of fused-ring (bicyclic) bond motifs is 3. The fraction of sp³-hybridized carbons (Fsp3) is 0.250. The highest BCUT2D eigenvalue weighted by atomic mass is 32.2. The van der Waals surface area contributed by atoms with Gasteiger partial charge in [-0.1, -0.05) is 72.8 Å². The average molecular weight is 855 g/mol. The minimum absolute atomic E-state index is 0.444. The molecule has 0 unspecified atom stereocenters. The molecule has 4 aromatic heterocycles. The number of sulfone groups is 2. The molecule has 0 fully saturated rings. The molecular formula is C48H54O6S4. The van der Waals surface area contributed by atoms with Gasteiger partial charge in [0.2, 0.25) is 0 Å². The van der Waals surface area contributed by atoms with Gasteiger partial charge in [0.15, 0.2) is 19.7 Å². The van der Waals surface area contributed by atoms with Crippen molar-refractivity contribution < 1.29 is 25.7 Å². The Kier molecular flexibility index (Phi) is 15.7. The molecule has 7 aromatic rings. The summed E-state index contributed by atoms with van der Waals surface area (Å²) in [5.74, 6) is 3.99. The Labute approximate surface area is 352 Å². The molecule has 2 aliphatic heterocycles. The second-order valence-electron chi connectivity index (χ2n) is 14.1. The fourth-order valence-electron chi connectivity index (χ4n) is 6.27. The third-order valence-corrected chi connectivity index (χ3v) is 15.6. The van der Waals surface area contributed by atoms with Gasteiger partial charge in [0.25, 0.3) is 0 Å². The molecular weight excluding hydrogens is 801 g/mol. The minimum Gasteiger partial charge on any atom is -0.467 e. The number of furan rings is 2. The zero-order chi connectivity index (χ0) is 42.9. The van der Waals surface area contributed by atoms with Crippen LogP contribution in [0.1, 0.15) is 70.2 Å². The molecule has 9 rings (SSSR count). The van der Waals surface area contributed by atoms with E-state index in [9.17, 15) is 16.8 Å². The molecule has 0 saturated heterocycles. The van der Waals surface area contributed by atoms with Crippen LogP contribution in [0.15, 0.2) is 128 Å². The van der Waals surface area contributed by atoms with Gasteiger partial charge in [-0.3, -0.25) is 0 Å². The van der Waals surface area contributed by atoms with Crippen molar-refractivity contribution in [3.05, 3.63) is 172 Å². The highest BCUT2D eigenvalue weighted by molar-refractivity contribution is 8.08. The SMILES string of the molecule is CC1=CC=C(C)S1(=O)=O.CC1=c2ccccc2=C(C)S1(=O)=O.Cc1ccc(C)o1.Cc1ccc(C)s1.Cc1oc(C)c2ccccc12.Cc1sc(C)c2ccccc12. The zero-order valence-corrected chi connectivity index (χ0v) is 38.7. The zero-order valence-electron chi connectivity index (χ0n) is 35.5. The number of allylic oxidation sites excluding steroid dienone is 4. The van der Waals surface area contributed by atoms with Gasteiger partial charge in [-0.15, -0.1) is 22.7 Å². The number of hydrogen-bond donors (Lipinski definition) is 0. The van der Waals surface area contributed by atoms with Crippen LogP contribution in [-0.2, 0) is 19.7 Å². The Morgan fingerprint density at radius 1 is 0.397 bits per heavy atom. The molecule has 0 atom stereocenters. The molecule has 0 aliphatic carbocycles. The Balaban J connectivity index is 0.000000156. The lowest BCUT2D eigenvalue weighted by Gasteiger charge is -1.95. The summed E-state index contributed by atoms with van der Waals surface area (Å²) >= 11 is 3.73. The molecule has 0 N–H and O–H groups in total. The maximum atomic E-state index is 11.7. The summed E-state index contributed by atoms with van der Waals surface area (Å²) in [5, 5.41) is 6.97. The van der Waals surface area contributed by atoms with Gasteiger partial charge in [-0.25, -0.2) is 16.8 Å². The van der Waals surface area contributed by atoms with E-state index in [1.165, 1.54) is 41.1 Å². The van der Waals surface area contributed by atoms with Crippen LogP contribution in [-0.4, -0.2) is 16.8 Å². The van der Waals surface area contributed by atoms with E-state index < -0.39 is 19.7 Å². The van der Waals surface area contributed by atoms with Gasteiger partial charge in [0.1, 0.15) is 23.0 Å². The molecule has 6 heterocycles. The number of hydrogen-bond acceptors (Lipinski definition) is 8. The molecule has 10 heteroatoms. The summed E-state index contributed by atoms with van der Waals surface area (Å²) in [6.07, 6.45) is 3.23. The van der Waals surface area contributed by atoms with E-state index in [-0.39, 0.29) is 0 Å². The van der Waals surface area contributed by atoms with E-state index in [4.69, 9.17) is 8.83 Å². The van der Waals surface area contributed by atoms with E-state index in [0.29, 0.717) is 19.6 Å². The Morgan fingerprint density at radius 3 is 1.05 bits per heavy atom. The fourth-order valence-corrected chi connectivity index (χ4v) is 10.5. The molecule has 306 valence electrons. The first-order valence-corrected chi connectivity index (χ1v) is 23.4. The third-order valence-electron chi connectivity index (χ3n) is 9.63. The molecule has 0 amide bonds. The normalized spacial score (nSPS) is 14.2. The summed E-state index contributed by atoms with van der Waals surface area (Å²) < 4.78 is 55.8. The summed E-state index contributed by atoms with van der Waals surface area (Å²) in [4.78, 5) is 7.49. The second kappa shape index (κ2) is 19.8. The topological polar surface area (TPSA) is 94.6 Å². The molecule has 0 bridgehead atoms. The molecule has 0 spiro atoms. The van der Waals surface area contributed by atoms with Crippen molar-refractivity contribution in [2.75, 3.05) is 0 Å². The van der Waals surface area contributed by atoms with Crippen LogP contribution in [0.4, 0.5) is 0 Å². The Hall–Kier alpha value is -4.74. The lowest BCUT2D eigenvalue weighted by molar-refractivity contribution is 0.504. The van der Waals surface area contributed by atoms with Crippen molar-refractivity contribution in [1.82, 2.24) is 0 Å². The summed E-state index contributed by atoms with van der Waals surface area (Å²) in [5.41, 5.74) is 0. The van der Waals surface area contributed by atoms with E-state index in [1.54, 1.807) is 39.8 Å². The van der Waals surface area contributed by atoms with Crippen LogP contribution < -0.4 is 10.4 Å². The first kappa shape index (κ1) is 46.0. The highest BCUT2D eigenvalue weighted by Gasteiger charge is 2.23. The highest BCUT2D eigenvalue weighted by Crippen LogP contribution is 2.29. The van der Waals surface area contributed by atoms with Crippen molar-refractivity contribution in [3.63, 3.8) is 0 Å². The van der Waals surface area contributed by atoms with Crippen LogP contribution in [0.5, 0.6) is 0 Å². The van der Waals surface area contributed by atoms with Gasteiger partial charge in [0.05, 0.1) is 9.81 Å². The lowest BCUT2D eigenvalue weighted by Crippen LogP contribution is -2.22. The van der Waals surface area contributed by atoms with Gasteiger partial charge < -0.3 is 8.83 Å². The number of rotatable bonds is 0. The summed E-state index contributed by atoms with van der Waals surface area (Å²) in [6, 6.07) is 32.4. The van der Waals surface area contributed by atoms with Crippen LogP contribution in [0.2, 0.25) is 0 Å². The van der Waals surface area contributed by atoms with Crippen molar-refractivity contribution >= 4 is 73.7 Å². The number of benzene rings is 3. The number of thiophene rings is 2. The average Bonchev–Trinajstić information content (AvgIpc) is 4.01. The predicted octanol–water partition coefficient (Wildman–Crippen LogP) is 12.4. The maximum Gasteiger partial charge on any atom is 0.199 e. The van der Waals surface area contributed by atoms with Crippen molar-refractivity contribution in [1.29, 1.82) is 0 Å². The first-order valence-electron chi connectivity index (χ1n) is 18.8. The quantitative estimate of drug-likeness (QED) is 0.151. The van der Waals surface area contributed by atoms with Gasteiger partial charge in [-0.2, -0.15) is 0 Å². The molecule has 2 aliphatic rings. The minimum atomic E-state index is -3.13. The van der Waals surface area contributed by atoms with Gasteiger partial charge >= 0.3 is 0 Å². The molecule has 0 saturated carbocycles. The maximum absolute atomic E-state index is 11.7. The van der Waals surface area contributed by atoms with E-state index >= 15 is 0 Å². The largest absolute Gasteiger partial charge is 0.467 e. The second-order valence-corrected chi connectivity index (χ2v) is 21.5. The van der Waals surface area contributed by atoms with Gasteiger partial charge in [-0.05, 0) is 141 Å². The van der Waals surface area contributed by atoms with Gasteiger partial charge in [0, 0.05) is 40.1 Å². The van der Waals surface area contributed by atoms with Crippen LogP contribution >= 0.6 is 22.7 Å². The Bertz CT molecular complexity index is 2650. The predicted molar refractivity (Wildman–Crippen MR) is 248 cm³/mol. The smallest absolute Gasteiger partial charge is 0.199 e. The van der Waals surface area contributed by atoms with Crippen molar-refractivity contribution in [3.8, 4) is 0 Å². The lowest BCUT2D eigenvalue weighted by atomic mass is 10.1. The van der Waals surface area contributed by atoms with E-state index in [2.05, 4.69) is 76.2 Å². The Morgan fingerprint density at radius 2 is 0.759 bits per heavy atom. The summed E-state index contributed by atoms with van der Waals surface area (Å²) in [7, 11) is -6.11. The van der Waals surface area contributed by atoms with Crippen LogP contribution in [0.25, 0.3) is 31.4 Å². The first-order chi connectivity index (χ1) is 27.2. The molecule has 3 aromatic carbocycles. The van der Waals surface area contributed by atoms with E-state index in [0.717, 1.165) is 33.5 Å². The van der Waals surface area contributed by atoms with Crippen molar-refractivity contribution in [2.24, 2.45) is 0 Å². The van der Waals surface area contributed by atoms with Crippen molar-refractivity contribution in [2.45, 2.75) is 83.1 Å². The van der Waals surface area contributed by atoms with Crippen LogP contribution in [0, 0.1) is 55.4 Å². The number of aryl methyl sites for hydroxylation is 8. The summed E-state index contributed by atoms with van der Waals surface area (Å²) in [6.45, 7) is 23.0. The van der Waals surface area contributed by atoms with E-state index in [1.807, 2.05) is 98.9 Å².